The van der Waals surface area contributed by atoms with Gasteiger partial charge < -0.3 is 10.4 Å². The molecule has 8 heteroatoms. The van der Waals surface area contributed by atoms with Crippen molar-refractivity contribution in [3.05, 3.63) is 28.8 Å². The van der Waals surface area contributed by atoms with Crippen molar-refractivity contribution in [1.82, 2.24) is 25.9 Å². The Morgan fingerprint density at radius 3 is 2.88 bits per heavy atom. The van der Waals surface area contributed by atoms with Gasteiger partial charge in [0.15, 0.2) is 0 Å². The Labute approximate surface area is 150 Å². The number of H-pyrrole nitrogens is 1. The predicted octanol–water partition coefficient (Wildman–Crippen LogP) is 2.47. The van der Waals surface area contributed by atoms with Crippen LogP contribution >= 0.6 is 11.6 Å². The molecule has 1 saturated carbocycles. The summed E-state index contributed by atoms with van der Waals surface area (Å²) in [5, 5.41) is 27.4. The molecule has 1 aliphatic heterocycles. The molecule has 1 aliphatic carbocycles. The van der Waals surface area contributed by atoms with Crippen LogP contribution in [0.25, 0.3) is 11.4 Å². The molecular formula is C17H20ClN5O2. The standard InChI is InChI=1S/C17H20ClN5O2/c18-13-3-1-2-12(15(13)16-20-22-23-21-16)9-4-5-10-8-19-14(17(24)25)7-11(10)6-9/h1-3,9-11,14,19H,4-8H2,(H,24,25)(H,20,21,22,23)/t9-,10-,11+,14-/m0/s1. The Morgan fingerprint density at radius 2 is 2.12 bits per heavy atom. The highest BCUT2D eigenvalue weighted by atomic mass is 35.5. The number of nitrogens with one attached hydrogen (secondary N) is 2. The van der Waals surface area contributed by atoms with E-state index in [2.05, 4.69) is 32.0 Å². The van der Waals surface area contributed by atoms with Crippen molar-refractivity contribution in [2.75, 3.05) is 6.54 Å². The maximum absolute atomic E-state index is 11.3. The summed E-state index contributed by atoms with van der Waals surface area (Å²) in [6, 6.07) is 5.44. The third-order valence-electron chi connectivity index (χ3n) is 5.66. The van der Waals surface area contributed by atoms with Crippen molar-refractivity contribution in [2.45, 2.75) is 37.6 Å². The van der Waals surface area contributed by atoms with Crippen molar-refractivity contribution in [2.24, 2.45) is 11.8 Å². The molecule has 0 unspecified atom stereocenters. The largest absolute Gasteiger partial charge is 0.480 e. The number of rotatable bonds is 3. The molecule has 3 N–H and O–H groups in total. The molecule has 0 amide bonds. The van der Waals surface area contributed by atoms with Gasteiger partial charge in [-0.15, -0.1) is 10.2 Å². The Kier molecular flexibility index (Phi) is 4.43. The lowest BCUT2D eigenvalue weighted by atomic mass is 9.67. The molecular weight excluding hydrogens is 342 g/mol. The van der Waals surface area contributed by atoms with Gasteiger partial charge in [0.25, 0.3) is 0 Å². The molecule has 2 aromatic rings. The van der Waals surface area contributed by atoms with Gasteiger partial charge in [0.2, 0.25) is 5.82 Å². The molecule has 7 nitrogen and oxygen atoms in total. The number of aromatic nitrogens is 4. The second-order valence-electron chi connectivity index (χ2n) is 7.00. The van der Waals surface area contributed by atoms with Crippen LogP contribution in [-0.2, 0) is 4.79 Å². The zero-order valence-corrected chi connectivity index (χ0v) is 14.4. The van der Waals surface area contributed by atoms with Crippen molar-refractivity contribution in [3.63, 3.8) is 0 Å². The van der Waals surface area contributed by atoms with E-state index in [1.807, 2.05) is 12.1 Å². The molecule has 2 aliphatic rings. The number of nitrogens with zero attached hydrogens (tertiary/aromatic N) is 3. The molecule has 1 aromatic heterocycles. The maximum atomic E-state index is 11.3. The van der Waals surface area contributed by atoms with Crippen molar-refractivity contribution < 1.29 is 9.90 Å². The average molecular weight is 362 g/mol. The third kappa shape index (κ3) is 3.14. The van der Waals surface area contributed by atoms with Crippen molar-refractivity contribution >= 4 is 17.6 Å². The highest BCUT2D eigenvalue weighted by molar-refractivity contribution is 6.33. The van der Waals surface area contributed by atoms with E-state index in [0.29, 0.717) is 35.0 Å². The number of piperidine rings is 1. The number of hydrogen-bond acceptors (Lipinski definition) is 5. The first-order valence-corrected chi connectivity index (χ1v) is 8.99. The zero-order chi connectivity index (χ0) is 17.4. The fourth-order valence-electron chi connectivity index (χ4n) is 4.42. The molecule has 4 rings (SSSR count). The highest BCUT2D eigenvalue weighted by Crippen LogP contribution is 2.46. The van der Waals surface area contributed by atoms with Crippen LogP contribution < -0.4 is 5.32 Å². The first kappa shape index (κ1) is 16.5. The number of carboxylic acid groups (broad SMARTS) is 1. The number of carbonyl (C=O) groups is 1. The molecule has 0 bridgehead atoms. The Balaban J connectivity index is 1.61. The summed E-state index contributed by atoms with van der Waals surface area (Å²) >= 11 is 6.43. The van der Waals surface area contributed by atoms with Crippen LogP contribution in [0.4, 0.5) is 0 Å². The van der Waals surface area contributed by atoms with Gasteiger partial charge in [-0.3, -0.25) is 4.79 Å². The Hall–Kier alpha value is -1.99. The first-order chi connectivity index (χ1) is 12.1. The van der Waals surface area contributed by atoms with E-state index in [1.165, 1.54) is 0 Å². The second-order valence-corrected chi connectivity index (χ2v) is 7.41. The number of benzene rings is 1. The number of fused-ring (bicyclic) bond motifs is 1. The van der Waals surface area contributed by atoms with Gasteiger partial charge in [-0.1, -0.05) is 23.7 Å². The minimum absolute atomic E-state index is 0.334. The number of aromatic amines is 1. The number of hydrogen-bond donors (Lipinski definition) is 3. The molecule has 2 fully saturated rings. The van der Waals surface area contributed by atoms with E-state index in [4.69, 9.17) is 11.6 Å². The van der Waals surface area contributed by atoms with Crippen LogP contribution in [0.1, 0.15) is 37.2 Å². The summed E-state index contributed by atoms with van der Waals surface area (Å²) in [6.45, 7) is 0.793. The summed E-state index contributed by atoms with van der Waals surface area (Å²) in [4.78, 5) is 11.3. The molecule has 0 spiro atoms. The average Bonchev–Trinajstić information content (AvgIpc) is 3.14. The summed E-state index contributed by atoms with van der Waals surface area (Å²) in [6.07, 6.45) is 3.81. The molecule has 1 aromatic carbocycles. The smallest absolute Gasteiger partial charge is 0.320 e. The van der Waals surface area contributed by atoms with Gasteiger partial charge in [0.05, 0.1) is 5.02 Å². The third-order valence-corrected chi connectivity index (χ3v) is 5.97. The van der Waals surface area contributed by atoms with Crippen LogP contribution in [0.3, 0.4) is 0 Å². The second kappa shape index (κ2) is 6.72. The van der Waals surface area contributed by atoms with E-state index in [9.17, 15) is 9.90 Å². The van der Waals surface area contributed by atoms with Crippen LogP contribution in [-0.4, -0.2) is 44.3 Å². The maximum Gasteiger partial charge on any atom is 0.320 e. The van der Waals surface area contributed by atoms with E-state index < -0.39 is 12.0 Å². The lowest BCUT2D eigenvalue weighted by Gasteiger charge is -2.42. The summed E-state index contributed by atoms with van der Waals surface area (Å²) in [5.74, 6) is 1.06. The highest BCUT2D eigenvalue weighted by Gasteiger charge is 2.38. The van der Waals surface area contributed by atoms with E-state index >= 15 is 0 Å². The van der Waals surface area contributed by atoms with Gasteiger partial charge >= 0.3 is 5.97 Å². The summed E-state index contributed by atoms with van der Waals surface area (Å²) in [5.41, 5.74) is 1.97. The van der Waals surface area contributed by atoms with E-state index in [-0.39, 0.29) is 0 Å². The molecule has 2 heterocycles. The van der Waals surface area contributed by atoms with Crippen LogP contribution in [0.2, 0.25) is 5.02 Å². The predicted molar refractivity (Wildman–Crippen MR) is 92.2 cm³/mol. The van der Waals surface area contributed by atoms with Gasteiger partial charge in [-0.2, -0.15) is 5.21 Å². The van der Waals surface area contributed by atoms with Crippen LogP contribution in [0.15, 0.2) is 18.2 Å². The lowest BCUT2D eigenvalue weighted by molar-refractivity contribution is -0.141. The van der Waals surface area contributed by atoms with Crippen molar-refractivity contribution in [3.8, 4) is 11.4 Å². The van der Waals surface area contributed by atoms with Gasteiger partial charge in [0, 0.05) is 5.56 Å². The molecule has 132 valence electrons. The van der Waals surface area contributed by atoms with E-state index in [1.54, 1.807) is 0 Å². The van der Waals surface area contributed by atoms with Gasteiger partial charge in [-0.25, -0.2) is 0 Å². The number of carboxylic acids is 1. The van der Waals surface area contributed by atoms with E-state index in [0.717, 1.165) is 36.9 Å². The fourth-order valence-corrected chi connectivity index (χ4v) is 4.69. The van der Waals surface area contributed by atoms with Crippen molar-refractivity contribution in [1.29, 1.82) is 0 Å². The first-order valence-electron chi connectivity index (χ1n) is 8.62. The van der Waals surface area contributed by atoms with Gasteiger partial charge in [0.1, 0.15) is 6.04 Å². The normalized spacial score (nSPS) is 29.2. The quantitative estimate of drug-likeness (QED) is 0.775. The fraction of sp³-hybridized carbons (Fsp3) is 0.529. The number of halogens is 1. The topological polar surface area (TPSA) is 104 Å². The molecule has 4 atom stereocenters. The number of tetrazole rings is 1. The molecule has 25 heavy (non-hydrogen) atoms. The molecule has 1 saturated heterocycles. The number of aliphatic carboxylic acids is 1. The zero-order valence-electron chi connectivity index (χ0n) is 13.7. The lowest BCUT2D eigenvalue weighted by Crippen LogP contribution is -2.49. The Morgan fingerprint density at radius 1 is 1.24 bits per heavy atom. The SMILES string of the molecule is O=C(O)[C@@H]1C[C@H]2C[C@@H](c3cccc(Cl)c3-c3nn[nH]n3)CC[C@H]2CN1. The monoisotopic (exact) mass is 361 g/mol. The molecule has 0 radical (unpaired) electrons. The van der Waals surface area contributed by atoms with Gasteiger partial charge in [-0.05, 0) is 66.8 Å². The van der Waals surface area contributed by atoms with Crippen LogP contribution in [0, 0.1) is 11.8 Å². The summed E-state index contributed by atoms with van der Waals surface area (Å²) < 4.78 is 0. The summed E-state index contributed by atoms with van der Waals surface area (Å²) in [7, 11) is 0. The van der Waals surface area contributed by atoms with Crippen LogP contribution in [0.5, 0.6) is 0 Å². The minimum atomic E-state index is -0.754. The minimum Gasteiger partial charge on any atom is -0.480 e. The Bertz CT molecular complexity index is 766.